The molecule has 0 fully saturated rings. The Hall–Kier alpha value is -6.32. The minimum absolute atomic E-state index is 0.705. The largest absolute Gasteiger partial charge is 0.309 e. The molecule has 0 amide bonds. The number of benzene rings is 8. The highest BCUT2D eigenvalue weighted by molar-refractivity contribution is 6.39. The van der Waals surface area contributed by atoms with E-state index in [0.717, 1.165) is 33.8 Å². The molecule has 0 bridgehead atoms. The van der Waals surface area contributed by atoms with E-state index >= 15 is 0 Å². The average molecular weight is 598 g/mol. The van der Waals surface area contributed by atoms with Crippen molar-refractivity contribution in [2.24, 2.45) is 0 Å². The lowest BCUT2D eigenvalue weighted by atomic mass is 9.91. The Morgan fingerprint density at radius 1 is 0.362 bits per heavy atom. The molecular formula is C44H27N3. The molecule has 0 N–H and O–H groups in total. The van der Waals surface area contributed by atoms with Crippen molar-refractivity contribution in [3.8, 4) is 39.6 Å². The number of hydrogen-bond donors (Lipinski definition) is 0. The molecule has 10 aromatic rings. The highest BCUT2D eigenvalue weighted by atomic mass is 15.0. The minimum Gasteiger partial charge on any atom is -0.309 e. The standard InChI is InChI=1S/C44H27N3/c1-3-13-28(14-4-1)37-27-38(29-15-5-2-6-16-29)46-44(45-37)31-18-11-19-32(25-31)47-39-24-12-23-36-34-21-9-10-22-35(34)41-33-20-8-7-17-30(33)26-40(47)43(41)42(36)39/h1-27H. The second-order valence-corrected chi connectivity index (χ2v) is 12.2. The van der Waals surface area contributed by atoms with Crippen LogP contribution in [0.5, 0.6) is 0 Å². The topological polar surface area (TPSA) is 30.7 Å². The predicted molar refractivity (Wildman–Crippen MR) is 196 cm³/mol. The molecule has 47 heavy (non-hydrogen) atoms. The van der Waals surface area contributed by atoms with Crippen LogP contribution in [0.15, 0.2) is 164 Å². The van der Waals surface area contributed by atoms with Crippen LogP contribution in [0.25, 0.3) is 93.7 Å². The Bertz CT molecular complexity index is 2710. The van der Waals surface area contributed by atoms with Crippen LogP contribution >= 0.6 is 0 Å². The van der Waals surface area contributed by atoms with Crippen molar-refractivity contribution < 1.29 is 0 Å². The molecule has 2 heterocycles. The van der Waals surface area contributed by atoms with E-state index in [1.807, 2.05) is 12.1 Å². The lowest BCUT2D eigenvalue weighted by Gasteiger charge is -2.13. The van der Waals surface area contributed by atoms with Gasteiger partial charge < -0.3 is 4.57 Å². The van der Waals surface area contributed by atoms with Gasteiger partial charge in [0.1, 0.15) is 0 Å². The zero-order valence-electron chi connectivity index (χ0n) is 25.4. The fourth-order valence-electron chi connectivity index (χ4n) is 7.47. The zero-order chi connectivity index (χ0) is 30.9. The van der Waals surface area contributed by atoms with Gasteiger partial charge in [-0.2, -0.15) is 0 Å². The maximum atomic E-state index is 5.13. The molecule has 0 spiro atoms. The number of aromatic nitrogens is 3. The van der Waals surface area contributed by atoms with Gasteiger partial charge in [0, 0.05) is 38.5 Å². The van der Waals surface area contributed by atoms with Crippen molar-refractivity contribution in [3.63, 3.8) is 0 Å². The van der Waals surface area contributed by atoms with Gasteiger partial charge in [0.05, 0.1) is 22.4 Å². The predicted octanol–water partition coefficient (Wildman–Crippen LogP) is 11.5. The number of nitrogens with zero attached hydrogens (tertiary/aromatic N) is 3. The third-order valence-corrected chi connectivity index (χ3v) is 9.52. The van der Waals surface area contributed by atoms with E-state index in [1.165, 1.54) is 54.1 Å². The van der Waals surface area contributed by atoms with Crippen molar-refractivity contribution >= 4 is 54.1 Å². The van der Waals surface area contributed by atoms with Gasteiger partial charge in [0.25, 0.3) is 0 Å². The van der Waals surface area contributed by atoms with Crippen molar-refractivity contribution in [3.05, 3.63) is 164 Å². The molecule has 3 heteroatoms. The Labute approximate surface area is 271 Å². The molecule has 2 aromatic heterocycles. The number of rotatable bonds is 4. The molecule has 0 saturated carbocycles. The molecule has 3 nitrogen and oxygen atoms in total. The SMILES string of the molecule is c1ccc(-c2cc(-c3ccccc3)nc(-c3cccc(-n4c5cccc6c7ccccc7c7c8ccccc8cc4c7c65)c3)n2)cc1. The summed E-state index contributed by atoms with van der Waals surface area (Å²) < 4.78 is 2.43. The highest BCUT2D eigenvalue weighted by Crippen LogP contribution is 2.46. The molecule has 0 saturated heterocycles. The van der Waals surface area contributed by atoms with Gasteiger partial charge in [-0.3, -0.25) is 0 Å². The lowest BCUT2D eigenvalue weighted by molar-refractivity contribution is 1.16. The molecule has 8 aromatic carbocycles. The van der Waals surface area contributed by atoms with Gasteiger partial charge in [0.15, 0.2) is 5.82 Å². The second kappa shape index (κ2) is 10.1. The molecule has 10 rings (SSSR count). The third kappa shape index (κ3) is 3.93. The smallest absolute Gasteiger partial charge is 0.160 e. The zero-order valence-corrected chi connectivity index (χ0v) is 25.4. The van der Waals surface area contributed by atoms with Gasteiger partial charge >= 0.3 is 0 Å². The van der Waals surface area contributed by atoms with Crippen LogP contribution in [0.3, 0.4) is 0 Å². The van der Waals surface area contributed by atoms with Crippen molar-refractivity contribution in [2.75, 3.05) is 0 Å². The van der Waals surface area contributed by atoms with E-state index in [-0.39, 0.29) is 0 Å². The maximum Gasteiger partial charge on any atom is 0.160 e. The molecule has 0 aliphatic heterocycles. The molecule has 0 aliphatic carbocycles. The third-order valence-electron chi connectivity index (χ3n) is 9.52. The molecule has 0 atom stereocenters. The Balaban J connectivity index is 1.26. The van der Waals surface area contributed by atoms with Crippen LogP contribution in [0.1, 0.15) is 0 Å². The molecule has 218 valence electrons. The van der Waals surface area contributed by atoms with E-state index < -0.39 is 0 Å². The summed E-state index contributed by atoms with van der Waals surface area (Å²) in [6.07, 6.45) is 0. The molecule has 0 unspecified atom stereocenters. The summed E-state index contributed by atoms with van der Waals surface area (Å²) in [7, 11) is 0. The minimum atomic E-state index is 0.705. The number of hydrogen-bond acceptors (Lipinski definition) is 2. The van der Waals surface area contributed by atoms with Crippen LogP contribution in [-0.4, -0.2) is 14.5 Å². The maximum absolute atomic E-state index is 5.13. The normalized spacial score (nSPS) is 11.8. The summed E-state index contributed by atoms with van der Waals surface area (Å²) in [6, 6.07) is 58.2. The lowest BCUT2D eigenvalue weighted by Crippen LogP contribution is -1.98. The second-order valence-electron chi connectivity index (χ2n) is 12.2. The average Bonchev–Trinajstić information content (AvgIpc) is 3.48. The first-order valence-electron chi connectivity index (χ1n) is 16.0. The molecule has 0 radical (unpaired) electrons. The first-order valence-corrected chi connectivity index (χ1v) is 16.0. The van der Waals surface area contributed by atoms with E-state index in [9.17, 15) is 0 Å². The van der Waals surface area contributed by atoms with Crippen molar-refractivity contribution in [1.29, 1.82) is 0 Å². The fourth-order valence-corrected chi connectivity index (χ4v) is 7.47. The van der Waals surface area contributed by atoms with Gasteiger partial charge in [-0.1, -0.05) is 133 Å². The molecular weight excluding hydrogens is 571 g/mol. The summed E-state index contributed by atoms with van der Waals surface area (Å²) in [5, 5.41) is 10.3. The van der Waals surface area contributed by atoms with Crippen LogP contribution in [0.4, 0.5) is 0 Å². The Morgan fingerprint density at radius 3 is 1.68 bits per heavy atom. The van der Waals surface area contributed by atoms with Gasteiger partial charge in [-0.15, -0.1) is 0 Å². The monoisotopic (exact) mass is 597 g/mol. The van der Waals surface area contributed by atoms with E-state index in [0.29, 0.717) is 5.82 Å². The van der Waals surface area contributed by atoms with Crippen molar-refractivity contribution in [1.82, 2.24) is 14.5 Å². The summed E-state index contributed by atoms with van der Waals surface area (Å²) in [6.45, 7) is 0. The van der Waals surface area contributed by atoms with E-state index in [2.05, 4.69) is 156 Å². The summed E-state index contributed by atoms with van der Waals surface area (Å²) in [5.74, 6) is 0.705. The van der Waals surface area contributed by atoms with Crippen LogP contribution in [0, 0.1) is 0 Å². The van der Waals surface area contributed by atoms with Gasteiger partial charge in [-0.05, 0) is 57.3 Å². The van der Waals surface area contributed by atoms with Crippen LogP contribution < -0.4 is 0 Å². The Morgan fingerprint density at radius 2 is 0.936 bits per heavy atom. The molecule has 0 aliphatic rings. The first-order chi connectivity index (χ1) is 23.3. The van der Waals surface area contributed by atoms with E-state index in [4.69, 9.17) is 9.97 Å². The van der Waals surface area contributed by atoms with Gasteiger partial charge in [0.2, 0.25) is 0 Å². The summed E-state index contributed by atoms with van der Waals surface area (Å²) >= 11 is 0. The fraction of sp³-hybridized carbons (Fsp3) is 0. The van der Waals surface area contributed by atoms with Crippen molar-refractivity contribution in [2.45, 2.75) is 0 Å². The summed E-state index contributed by atoms with van der Waals surface area (Å²) in [4.78, 5) is 10.3. The summed E-state index contributed by atoms with van der Waals surface area (Å²) in [5.41, 5.74) is 8.40. The van der Waals surface area contributed by atoms with Crippen LogP contribution in [0.2, 0.25) is 0 Å². The highest BCUT2D eigenvalue weighted by Gasteiger charge is 2.22. The van der Waals surface area contributed by atoms with E-state index in [1.54, 1.807) is 0 Å². The Kier molecular flexibility index (Phi) is 5.57. The number of fused-ring (bicyclic) bond motifs is 5. The quantitative estimate of drug-likeness (QED) is 0.189. The first kappa shape index (κ1) is 26.0. The van der Waals surface area contributed by atoms with Crippen LogP contribution in [-0.2, 0) is 0 Å². The van der Waals surface area contributed by atoms with Gasteiger partial charge in [-0.25, -0.2) is 9.97 Å².